The van der Waals surface area contributed by atoms with Crippen LogP contribution in [0.5, 0.6) is 0 Å². The number of hydrogen-bond donors (Lipinski definition) is 0. The average molecular weight is 315 g/mol. The van der Waals surface area contributed by atoms with Crippen LogP contribution in [0.1, 0.15) is 31.9 Å². The minimum atomic E-state index is 0.355. The molecule has 0 radical (unpaired) electrons. The van der Waals surface area contributed by atoms with Crippen molar-refractivity contribution in [3.05, 3.63) is 47.5 Å². The Labute approximate surface area is 121 Å². The Morgan fingerprint density at radius 1 is 1.00 bits per heavy atom. The molecule has 1 heteroatoms. The SMILES string of the molecule is Cc1cccc2c1[se]c1ccc(CC(C)(C)C)cc12. The van der Waals surface area contributed by atoms with E-state index >= 15 is 0 Å². The third-order valence-corrected chi connectivity index (χ3v) is 6.27. The first-order valence-electron chi connectivity index (χ1n) is 6.85. The first-order valence-corrected chi connectivity index (χ1v) is 8.56. The fourth-order valence-electron chi connectivity index (χ4n) is 2.71. The number of rotatable bonds is 1. The van der Waals surface area contributed by atoms with Gasteiger partial charge in [-0.1, -0.05) is 0 Å². The Morgan fingerprint density at radius 2 is 1.79 bits per heavy atom. The van der Waals surface area contributed by atoms with Gasteiger partial charge < -0.3 is 0 Å². The zero-order valence-corrected chi connectivity index (χ0v) is 13.8. The summed E-state index contributed by atoms with van der Waals surface area (Å²) in [6, 6.07) is 13.8. The third kappa shape index (κ3) is 2.50. The molecule has 0 bridgehead atoms. The van der Waals surface area contributed by atoms with E-state index in [0.29, 0.717) is 19.9 Å². The molecule has 0 spiro atoms. The number of fused-ring (bicyclic) bond motifs is 3. The molecular formula is C18H20Se. The fourth-order valence-corrected chi connectivity index (χ4v) is 5.13. The van der Waals surface area contributed by atoms with Gasteiger partial charge in [0.2, 0.25) is 0 Å². The van der Waals surface area contributed by atoms with Crippen LogP contribution >= 0.6 is 0 Å². The van der Waals surface area contributed by atoms with Gasteiger partial charge in [0.25, 0.3) is 0 Å². The van der Waals surface area contributed by atoms with Crippen LogP contribution in [0, 0.1) is 12.3 Å². The van der Waals surface area contributed by atoms with Crippen LogP contribution in [-0.4, -0.2) is 14.5 Å². The van der Waals surface area contributed by atoms with Gasteiger partial charge in [0.1, 0.15) is 0 Å². The zero-order chi connectivity index (χ0) is 13.6. The zero-order valence-electron chi connectivity index (χ0n) is 12.1. The Morgan fingerprint density at radius 3 is 2.53 bits per heavy atom. The van der Waals surface area contributed by atoms with Crippen LogP contribution in [0.25, 0.3) is 19.3 Å². The van der Waals surface area contributed by atoms with Gasteiger partial charge >= 0.3 is 121 Å². The molecule has 3 rings (SSSR count). The molecule has 0 unspecified atom stereocenters. The second-order valence-electron chi connectivity index (χ2n) is 6.62. The predicted octanol–water partition coefficient (Wildman–Crippen LogP) is 4.95. The van der Waals surface area contributed by atoms with Crippen molar-refractivity contribution in [3.8, 4) is 0 Å². The van der Waals surface area contributed by atoms with E-state index in [2.05, 4.69) is 64.1 Å². The van der Waals surface area contributed by atoms with E-state index in [9.17, 15) is 0 Å². The van der Waals surface area contributed by atoms with Crippen LogP contribution in [0.4, 0.5) is 0 Å². The van der Waals surface area contributed by atoms with E-state index in [1.807, 2.05) is 0 Å². The Kier molecular flexibility index (Phi) is 3.08. The molecule has 0 amide bonds. The maximum atomic E-state index is 2.42. The third-order valence-electron chi connectivity index (χ3n) is 3.49. The van der Waals surface area contributed by atoms with Crippen molar-refractivity contribution in [2.75, 3.05) is 0 Å². The molecule has 0 saturated carbocycles. The van der Waals surface area contributed by atoms with Crippen LogP contribution in [-0.2, 0) is 6.42 Å². The molecule has 3 aromatic rings. The molecule has 0 aliphatic rings. The summed E-state index contributed by atoms with van der Waals surface area (Å²) in [5.41, 5.74) is 3.27. The van der Waals surface area contributed by atoms with E-state index in [0.717, 1.165) is 6.42 Å². The number of hydrogen-bond acceptors (Lipinski definition) is 0. The van der Waals surface area contributed by atoms with Gasteiger partial charge in [-0.3, -0.25) is 0 Å². The summed E-state index contributed by atoms with van der Waals surface area (Å²) in [5.74, 6) is 0. The summed E-state index contributed by atoms with van der Waals surface area (Å²) in [4.78, 5) is 0. The van der Waals surface area contributed by atoms with Crippen molar-refractivity contribution in [1.29, 1.82) is 0 Å². The molecule has 0 aliphatic heterocycles. The topological polar surface area (TPSA) is 0 Å². The Balaban J connectivity index is 2.22. The first kappa shape index (κ1) is 13.0. The summed E-state index contributed by atoms with van der Waals surface area (Å²) in [5, 5.41) is 2.96. The summed E-state index contributed by atoms with van der Waals surface area (Å²) >= 11 is 0.496. The predicted molar refractivity (Wildman–Crippen MR) is 86.3 cm³/mol. The maximum absolute atomic E-state index is 2.42. The Hall–Kier alpha value is -1.04. The normalized spacial score (nSPS) is 12.4. The van der Waals surface area contributed by atoms with Gasteiger partial charge in [0, 0.05) is 0 Å². The van der Waals surface area contributed by atoms with Crippen molar-refractivity contribution in [1.82, 2.24) is 0 Å². The number of aryl methyl sites for hydroxylation is 1. The second-order valence-corrected chi connectivity index (χ2v) is 8.83. The van der Waals surface area contributed by atoms with Crippen LogP contribution in [0.3, 0.4) is 0 Å². The molecule has 1 heterocycles. The molecule has 0 nitrogen and oxygen atoms in total. The molecule has 1 aromatic heterocycles. The van der Waals surface area contributed by atoms with Crippen molar-refractivity contribution in [2.45, 2.75) is 34.1 Å². The number of benzene rings is 2. The van der Waals surface area contributed by atoms with Crippen molar-refractivity contribution in [3.63, 3.8) is 0 Å². The molecule has 19 heavy (non-hydrogen) atoms. The molecule has 0 aliphatic carbocycles. The quantitative estimate of drug-likeness (QED) is 0.558. The molecule has 98 valence electrons. The van der Waals surface area contributed by atoms with Gasteiger partial charge in [-0.05, 0) is 0 Å². The first-order chi connectivity index (χ1) is 8.94. The summed E-state index contributed by atoms with van der Waals surface area (Å²) in [7, 11) is 0. The summed E-state index contributed by atoms with van der Waals surface area (Å²) in [6.45, 7) is 9.16. The van der Waals surface area contributed by atoms with E-state index in [1.54, 1.807) is 8.52 Å². The van der Waals surface area contributed by atoms with E-state index < -0.39 is 0 Å². The van der Waals surface area contributed by atoms with Crippen LogP contribution in [0.2, 0.25) is 0 Å². The van der Waals surface area contributed by atoms with Crippen molar-refractivity contribution < 1.29 is 0 Å². The molecule has 0 saturated heterocycles. The molecular weight excluding hydrogens is 295 g/mol. The van der Waals surface area contributed by atoms with E-state index in [1.165, 1.54) is 21.9 Å². The monoisotopic (exact) mass is 316 g/mol. The van der Waals surface area contributed by atoms with Crippen molar-refractivity contribution in [2.24, 2.45) is 5.41 Å². The van der Waals surface area contributed by atoms with E-state index in [4.69, 9.17) is 0 Å². The van der Waals surface area contributed by atoms with Crippen LogP contribution in [0.15, 0.2) is 36.4 Å². The Bertz CT molecular complexity index is 741. The minimum absolute atomic E-state index is 0.355. The fraction of sp³-hybridized carbons (Fsp3) is 0.333. The van der Waals surface area contributed by atoms with Gasteiger partial charge in [-0.15, -0.1) is 0 Å². The van der Waals surface area contributed by atoms with Gasteiger partial charge in [0.05, 0.1) is 0 Å². The van der Waals surface area contributed by atoms with Crippen LogP contribution < -0.4 is 0 Å². The summed E-state index contributed by atoms with van der Waals surface area (Å²) < 4.78 is 3.13. The standard InChI is InChI=1S/C18H20Se/c1-12-6-5-7-14-15-10-13(11-18(2,3)4)8-9-16(15)19-17(12)14/h5-10H,11H2,1-4H3. The summed E-state index contributed by atoms with van der Waals surface area (Å²) in [6.07, 6.45) is 1.15. The average Bonchev–Trinajstić information content (AvgIpc) is 2.67. The van der Waals surface area contributed by atoms with Gasteiger partial charge in [-0.2, -0.15) is 0 Å². The van der Waals surface area contributed by atoms with E-state index in [-0.39, 0.29) is 0 Å². The van der Waals surface area contributed by atoms with Crippen molar-refractivity contribution >= 4 is 33.8 Å². The second kappa shape index (κ2) is 4.51. The molecule has 0 N–H and O–H groups in total. The van der Waals surface area contributed by atoms with Gasteiger partial charge in [0.15, 0.2) is 0 Å². The van der Waals surface area contributed by atoms with Gasteiger partial charge in [-0.25, -0.2) is 0 Å². The molecule has 0 fully saturated rings. The molecule has 2 aromatic carbocycles. The molecule has 0 atom stereocenters.